The molecule has 0 radical (unpaired) electrons. The summed E-state index contributed by atoms with van der Waals surface area (Å²) in [7, 11) is -2.47. The van der Waals surface area contributed by atoms with Crippen LogP contribution in [-0.2, 0) is 26.1 Å². The minimum absolute atomic E-state index is 0.135. The smallest absolute Gasteiger partial charge is 0.334 e. The summed E-state index contributed by atoms with van der Waals surface area (Å²) in [4.78, 5) is 13.2. The van der Waals surface area contributed by atoms with Gasteiger partial charge in [0.1, 0.15) is 22.9 Å². The third kappa shape index (κ3) is 8.92. The summed E-state index contributed by atoms with van der Waals surface area (Å²) in [6.07, 6.45) is 5.39. The normalized spacial score (nSPS) is 18.2. The van der Waals surface area contributed by atoms with E-state index >= 15 is 0 Å². The minimum Gasteiger partial charge on any atom is -0.497 e. The van der Waals surface area contributed by atoms with Gasteiger partial charge in [0.05, 0.1) is 29.2 Å². The number of carbonyl (C=O) groups is 1. The number of halogens is 1. The highest BCUT2D eigenvalue weighted by Crippen LogP contribution is 2.46. The van der Waals surface area contributed by atoms with E-state index in [0.29, 0.717) is 35.7 Å². The number of methoxy groups -OCH3 is 1. The van der Waals surface area contributed by atoms with Crippen molar-refractivity contribution in [2.24, 2.45) is 0 Å². The second kappa shape index (κ2) is 15.5. The fourth-order valence-electron chi connectivity index (χ4n) is 5.59. The van der Waals surface area contributed by atoms with Crippen molar-refractivity contribution >= 4 is 27.8 Å². The molecule has 2 atom stereocenters. The first-order chi connectivity index (χ1) is 21.9. The average molecular weight is 670 g/mol. The SMILES string of the molecule is CCCCC1CC(c2ccc(F)cc2)c2cc(SCC)c(O/C=C/C(=O)OC(C)(C)C)cc2S(=O)(=O)N1Cc1ccc(OC)cc1. The van der Waals surface area contributed by atoms with Crippen LogP contribution in [0.3, 0.4) is 0 Å². The van der Waals surface area contributed by atoms with Crippen LogP contribution >= 0.6 is 11.8 Å². The number of nitrogens with zero attached hydrogens (tertiary/aromatic N) is 1. The lowest BCUT2D eigenvalue weighted by Crippen LogP contribution is -2.39. The molecule has 0 amide bonds. The van der Waals surface area contributed by atoms with Crippen LogP contribution in [0.4, 0.5) is 4.39 Å². The van der Waals surface area contributed by atoms with Crippen LogP contribution in [0, 0.1) is 5.82 Å². The number of carbonyl (C=O) groups excluding carboxylic acids is 1. The molecule has 0 aliphatic carbocycles. The molecule has 0 aromatic heterocycles. The van der Waals surface area contributed by atoms with Crippen LogP contribution < -0.4 is 9.47 Å². The molecule has 7 nitrogen and oxygen atoms in total. The van der Waals surface area contributed by atoms with Gasteiger partial charge in [0, 0.05) is 24.6 Å². The number of esters is 1. The van der Waals surface area contributed by atoms with Gasteiger partial charge in [-0.05, 0) is 86.4 Å². The number of benzene rings is 3. The summed E-state index contributed by atoms with van der Waals surface area (Å²) < 4.78 is 61.9. The lowest BCUT2D eigenvalue weighted by Gasteiger charge is -2.30. The Kier molecular flexibility index (Phi) is 12.0. The maximum Gasteiger partial charge on any atom is 0.334 e. The van der Waals surface area contributed by atoms with E-state index in [-0.39, 0.29) is 29.2 Å². The molecule has 0 saturated carbocycles. The molecule has 0 spiro atoms. The Balaban J connectivity index is 1.88. The van der Waals surface area contributed by atoms with Crippen molar-refractivity contribution in [3.8, 4) is 11.5 Å². The Labute approximate surface area is 277 Å². The average Bonchev–Trinajstić information content (AvgIpc) is 3.08. The summed E-state index contributed by atoms with van der Waals surface area (Å²) in [6.45, 7) is 9.59. The van der Waals surface area contributed by atoms with Crippen molar-refractivity contribution in [3.63, 3.8) is 0 Å². The number of hydrogen-bond donors (Lipinski definition) is 0. The number of hydrogen-bond acceptors (Lipinski definition) is 7. The number of unbranched alkanes of at least 4 members (excludes halogenated alkanes) is 1. The van der Waals surface area contributed by atoms with E-state index in [9.17, 15) is 17.6 Å². The van der Waals surface area contributed by atoms with Crippen LogP contribution in [0.1, 0.15) is 82.9 Å². The summed E-state index contributed by atoms with van der Waals surface area (Å²) >= 11 is 1.52. The monoisotopic (exact) mass is 669 g/mol. The molecule has 4 rings (SSSR count). The van der Waals surface area contributed by atoms with E-state index in [1.54, 1.807) is 50.4 Å². The molecule has 46 heavy (non-hydrogen) atoms. The molecular formula is C36H44FNO6S2. The highest BCUT2D eigenvalue weighted by molar-refractivity contribution is 7.99. The zero-order valence-corrected chi connectivity index (χ0v) is 29.0. The highest BCUT2D eigenvalue weighted by Gasteiger charge is 2.40. The number of sulfonamides is 1. The predicted octanol–water partition coefficient (Wildman–Crippen LogP) is 8.47. The second-order valence-corrected chi connectivity index (χ2v) is 15.4. The molecule has 3 aromatic rings. The first-order valence-corrected chi connectivity index (χ1v) is 18.1. The van der Waals surface area contributed by atoms with Crippen LogP contribution in [0.5, 0.6) is 11.5 Å². The van der Waals surface area contributed by atoms with E-state index in [1.807, 2.05) is 37.3 Å². The van der Waals surface area contributed by atoms with Gasteiger partial charge in [-0.25, -0.2) is 17.6 Å². The molecule has 1 heterocycles. The maximum absolute atomic E-state index is 14.8. The largest absolute Gasteiger partial charge is 0.497 e. The Morgan fingerprint density at radius 1 is 1.07 bits per heavy atom. The van der Waals surface area contributed by atoms with E-state index in [0.717, 1.165) is 28.9 Å². The van der Waals surface area contributed by atoms with Gasteiger partial charge in [-0.3, -0.25) is 0 Å². The van der Waals surface area contributed by atoms with Gasteiger partial charge in [0.25, 0.3) is 0 Å². The third-order valence-electron chi connectivity index (χ3n) is 7.72. The molecule has 1 aliphatic heterocycles. The Morgan fingerprint density at radius 3 is 2.37 bits per heavy atom. The molecule has 0 bridgehead atoms. The molecule has 0 saturated heterocycles. The molecule has 0 fully saturated rings. The number of thioether (sulfide) groups is 1. The lowest BCUT2D eigenvalue weighted by atomic mass is 9.84. The van der Waals surface area contributed by atoms with Crippen molar-refractivity contribution in [3.05, 3.63) is 95.5 Å². The van der Waals surface area contributed by atoms with Crippen molar-refractivity contribution in [2.45, 2.75) is 94.2 Å². The molecule has 10 heteroatoms. The fourth-order valence-corrected chi connectivity index (χ4v) is 8.27. The standard InChI is InChI=1S/C36H44FNO6S2/c1-7-9-10-28-21-30(26-13-15-27(37)16-14-26)31-22-33(45-8-2)32(43-20-19-35(39)44-36(3,4)5)23-34(31)46(40,41)38(28)24-25-11-17-29(42-6)18-12-25/h11-20,22-23,28,30H,7-10,21,24H2,1-6H3/b20-19+. The van der Waals surface area contributed by atoms with E-state index in [1.165, 1.54) is 36.2 Å². The molecule has 3 aromatic carbocycles. The van der Waals surface area contributed by atoms with Gasteiger partial charge in [0.2, 0.25) is 10.0 Å². The van der Waals surface area contributed by atoms with Gasteiger partial charge >= 0.3 is 5.97 Å². The van der Waals surface area contributed by atoms with Crippen LogP contribution in [0.25, 0.3) is 0 Å². The Hall–Kier alpha value is -3.34. The van der Waals surface area contributed by atoms with E-state index in [2.05, 4.69) is 6.92 Å². The van der Waals surface area contributed by atoms with Crippen molar-refractivity contribution in [1.29, 1.82) is 0 Å². The van der Waals surface area contributed by atoms with Crippen LogP contribution in [0.15, 0.2) is 82.8 Å². The van der Waals surface area contributed by atoms with E-state index < -0.39 is 21.6 Å². The second-order valence-electron chi connectivity index (χ2n) is 12.3. The predicted molar refractivity (Wildman–Crippen MR) is 180 cm³/mol. The maximum atomic E-state index is 14.8. The minimum atomic E-state index is -4.06. The number of fused-ring (bicyclic) bond motifs is 1. The third-order valence-corrected chi connectivity index (χ3v) is 10.6. The molecule has 0 N–H and O–H groups in total. The molecule has 248 valence electrons. The topological polar surface area (TPSA) is 82.1 Å². The molecular weight excluding hydrogens is 626 g/mol. The summed E-state index contributed by atoms with van der Waals surface area (Å²) in [5.41, 5.74) is 1.66. The quantitative estimate of drug-likeness (QED) is 0.0828. The first kappa shape index (κ1) is 35.5. The van der Waals surface area contributed by atoms with Gasteiger partial charge in [0.15, 0.2) is 0 Å². The van der Waals surface area contributed by atoms with Crippen LogP contribution in [0.2, 0.25) is 0 Å². The fraction of sp³-hybridized carbons (Fsp3) is 0.417. The Bertz CT molecular complexity index is 1620. The number of ether oxygens (including phenoxy) is 3. The van der Waals surface area contributed by atoms with Crippen molar-refractivity contribution in [2.75, 3.05) is 12.9 Å². The van der Waals surface area contributed by atoms with Crippen molar-refractivity contribution < 1.29 is 31.8 Å². The summed E-state index contributed by atoms with van der Waals surface area (Å²) in [5.74, 6) is 0.492. The zero-order chi connectivity index (χ0) is 33.5. The zero-order valence-electron chi connectivity index (χ0n) is 27.4. The number of rotatable bonds is 12. The summed E-state index contributed by atoms with van der Waals surface area (Å²) in [5, 5.41) is 0. The van der Waals surface area contributed by atoms with Gasteiger partial charge in [-0.1, -0.05) is 51.0 Å². The van der Waals surface area contributed by atoms with Gasteiger partial charge < -0.3 is 14.2 Å². The van der Waals surface area contributed by atoms with E-state index in [4.69, 9.17) is 14.2 Å². The first-order valence-electron chi connectivity index (χ1n) is 15.6. The van der Waals surface area contributed by atoms with Gasteiger partial charge in [-0.2, -0.15) is 4.31 Å². The molecule has 1 aliphatic rings. The van der Waals surface area contributed by atoms with Crippen molar-refractivity contribution in [1.82, 2.24) is 4.31 Å². The molecule has 2 unspecified atom stereocenters. The highest BCUT2D eigenvalue weighted by atomic mass is 32.2. The van der Waals surface area contributed by atoms with Crippen LogP contribution in [-0.4, -0.2) is 43.2 Å². The van der Waals surface area contributed by atoms with Gasteiger partial charge in [-0.15, -0.1) is 11.8 Å². The lowest BCUT2D eigenvalue weighted by molar-refractivity contribution is -0.148. The Morgan fingerprint density at radius 2 is 1.76 bits per heavy atom. The summed E-state index contributed by atoms with van der Waals surface area (Å²) in [6, 6.07) is 16.9.